The molecule has 0 bridgehead atoms. The number of tetrazole rings is 1. The van der Waals surface area contributed by atoms with Gasteiger partial charge >= 0.3 is 0 Å². The molecule has 0 unspecified atom stereocenters. The number of carbonyl (C=O) groups excluding carboxylic acids is 1. The molecule has 0 radical (unpaired) electrons. The van der Waals surface area contributed by atoms with Crippen LogP contribution in [-0.4, -0.2) is 30.6 Å². The van der Waals surface area contributed by atoms with E-state index >= 15 is 0 Å². The third-order valence-corrected chi connectivity index (χ3v) is 4.74. The number of ketones is 1. The van der Waals surface area contributed by atoms with Crippen molar-refractivity contribution in [3.05, 3.63) is 52.8 Å². The number of rotatable bonds is 5. The first-order valence-electron chi connectivity index (χ1n) is 8.59. The van der Waals surface area contributed by atoms with Gasteiger partial charge in [0, 0.05) is 28.6 Å². The first-order valence-corrected chi connectivity index (χ1v) is 8.59. The Balaban J connectivity index is 1.54. The largest absolute Gasteiger partial charge is 0.345 e. The van der Waals surface area contributed by atoms with Crippen molar-refractivity contribution in [3.63, 3.8) is 0 Å². The molecule has 0 N–H and O–H groups in total. The standard InChI is InChI=1S/C19H21N5O/c1-12-4-6-15(7-5-12)19-20-22-23(21-19)11-18(25)17-10-13(2)24(14(17)3)16-8-9-16/h4-7,10,16H,8-9,11H2,1-3H3. The average Bonchev–Trinajstić information content (AvgIpc) is 3.23. The van der Waals surface area contributed by atoms with Crippen LogP contribution in [0.1, 0.15) is 46.2 Å². The van der Waals surface area contributed by atoms with Gasteiger partial charge < -0.3 is 4.57 Å². The zero-order valence-electron chi connectivity index (χ0n) is 14.7. The Morgan fingerprint density at radius 3 is 2.56 bits per heavy atom. The Kier molecular flexibility index (Phi) is 3.75. The summed E-state index contributed by atoms with van der Waals surface area (Å²) in [5.41, 5.74) is 5.03. The maximum atomic E-state index is 12.7. The molecular formula is C19H21N5O. The van der Waals surface area contributed by atoms with Gasteiger partial charge in [0.2, 0.25) is 5.82 Å². The Labute approximate surface area is 146 Å². The number of aryl methyl sites for hydroxylation is 2. The van der Waals surface area contributed by atoms with E-state index in [0.717, 1.165) is 22.5 Å². The molecule has 0 aliphatic heterocycles. The van der Waals surface area contributed by atoms with Crippen molar-refractivity contribution >= 4 is 5.78 Å². The Hall–Kier alpha value is -2.76. The van der Waals surface area contributed by atoms with E-state index in [0.29, 0.717) is 11.9 Å². The van der Waals surface area contributed by atoms with Crippen LogP contribution >= 0.6 is 0 Å². The number of Topliss-reactive ketones (excluding diaryl/α,β-unsaturated/α-hetero) is 1. The third-order valence-electron chi connectivity index (χ3n) is 4.74. The van der Waals surface area contributed by atoms with Crippen molar-refractivity contribution in [1.82, 2.24) is 24.8 Å². The zero-order valence-corrected chi connectivity index (χ0v) is 14.7. The van der Waals surface area contributed by atoms with E-state index in [9.17, 15) is 4.79 Å². The summed E-state index contributed by atoms with van der Waals surface area (Å²) in [5, 5.41) is 12.5. The molecule has 1 aromatic carbocycles. The van der Waals surface area contributed by atoms with Crippen LogP contribution in [0.2, 0.25) is 0 Å². The Bertz CT molecular complexity index is 931. The molecule has 25 heavy (non-hydrogen) atoms. The molecule has 1 fully saturated rings. The minimum atomic E-state index is 0.0212. The SMILES string of the molecule is Cc1ccc(-c2nnn(CC(=O)c3cc(C)n(C4CC4)c3C)n2)cc1. The number of benzene rings is 1. The Morgan fingerprint density at radius 1 is 1.16 bits per heavy atom. The summed E-state index contributed by atoms with van der Waals surface area (Å²) in [6, 6.07) is 10.5. The van der Waals surface area contributed by atoms with E-state index in [1.54, 1.807) is 0 Å². The fourth-order valence-corrected chi connectivity index (χ4v) is 3.30. The fraction of sp³-hybridized carbons (Fsp3) is 0.368. The lowest BCUT2D eigenvalue weighted by molar-refractivity contribution is 0.0960. The van der Waals surface area contributed by atoms with E-state index in [1.807, 2.05) is 44.2 Å². The molecule has 0 atom stereocenters. The van der Waals surface area contributed by atoms with Crippen molar-refractivity contribution < 1.29 is 4.79 Å². The number of aromatic nitrogens is 5. The van der Waals surface area contributed by atoms with Crippen molar-refractivity contribution in [2.45, 2.75) is 46.2 Å². The second-order valence-corrected chi connectivity index (χ2v) is 6.82. The highest BCUT2D eigenvalue weighted by Crippen LogP contribution is 2.38. The molecule has 2 heterocycles. The van der Waals surface area contributed by atoms with Crippen LogP contribution in [0.3, 0.4) is 0 Å². The molecule has 3 aromatic rings. The van der Waals surface area contributed by atoms with Crippen molar-refractivity contribution in [3.8, 4) is 11.4 Å². The molecule has 128 valence electrons. The second kappa shape index (κ2) is 5.95. The van der Waals surface area contributed by atoms with Gasteiger partial charge in [0.25, 0.3) is 0 Å². The van der Waals surface area contributed by atoms with Crippen LogP contribution in [0.5, 0.6) is 0 Å². The van der Waals surface area contributed by atoms with Crippen molar-refractivity contribution in [2.75, 3.05) is 0 Å². The Morgan fingerprint density at radius 2 is 1.88 bits per heavy atom. The van der Waals surface area contributed by atoms with E-state index in [2.05, 4.69) is 26.9 Å². The molecule has 6 nitrogen and oxygen atoms in total. The summed E-state index contributed by atoms with van der Waals surface area (Å²) >= 11 is 0. The number of carbonyl (C=O) groups is 1. The van der Waals surface area contributed by atoms with E-state index in [-0.39, 0.29) is 12.3 Å². The van der Waals surface area contributed by atoms with Gasteiger partial charge in [0.1, 0.15) is 6.54 Å². The van der Waals surface area contributed by atoms with Crippen molar-refractivity contribution in [1.29, 1.82) is 0 Å². The van der Waals surface area contributed by atoms with Crippen LogP contribution in [0.15, 0.2) is 30.3 Å². The van der Waals surface area contributed by atoms with Gasteiger partial charge in [-0.2, -0.15) is 4.80 Å². The maximum absolute atomic E-state index is 12.7. The lowest BCUT2D eigenvalue weighted by Gasteiger charge is -2.07. The second-order valence-electron chi connectivity index (χ2n) is 6.82. The fourth-order valence-electron chi connectivity index (χ4n) is 3.30. The predicted octanol–water partition coefficient (Wildman–Crippen LogP) is 3.28. The topological polar surface area (TPSA) is 65.6 Å². The first-order chi connectivity index (χ1) is 12.0. The molecule has 4 rings (SSSR count). The van der Waals surface area contributed by atoms with Crippen LogP contribution in [0.4, 0.5) is 0 Å². The van der Waals surface area contributed by atoms with Gasteiger partial charge in [-0.3, -0.25) is 4.79 Å². The van der Waals surface area contributed by atoms with Crippen LogP contribution < -0.4 is 0 Å². The minimum Gasteiger partial charge on any atom is -0.345 e. The van der Waals surface area contributed by atoms with Crippen LogP contribution in [-0.2, 0) is 6.54 Å². The normalized spacial score (nSPS) is 14.0. The molecule has 1 saturated carbocycles. The molecule has 0 amide bonds. The zero-order chi connectivity index (χ0) is 17.6. The molecular weight excluding hydrogens is 314 g/mol. The predicted molar refractivity (Wildman–Crippen MR) is 94.5 cm³/mol. The molecule has 2 aromatic heterocycles. The van der Waals surface area contributed by atoms with Gasteiger partial charge in [0.15, 0.2) is 5.78 Å². The summed E-state index contributed by atoms with van der Waals surface area (Å²) in [6.07, 6.45) is 2.41. The molecule has 1 aliphatic rings. The van der Waals surface area contributed by atoms with Gasteiger partial charge in [-0.1, -0.05) is 29.8 Å². The van der Waals surface area contributed by atoms with Crippen molar-refractivity contribution in [2.24, 2.45) is 0 Å². The van der Waals surface area contributed by atoms with Crippen LogP contribution in [0.25, 0.3) is 11.4 Å². The average molecular weight is 335 g/mol. The summed E-state index contributed by atoms with van der Waals surface area (Å²) in [4.78, 5) is 14.1. The van der Waals surface area contributed by atoms with Gasteiger partial charge in [-0.15, -0.1) is 10.2 Å². The number of nitrogens with zero attached hydrogens (tertiary/aromatic N) is 5. The highest BCUT2D eigenvalue weighted by atomic mass is 16.1. The monoisotopic (exact) mass is 335 g/mol. The third kappa shape index (κ3) is 2.99. The van der Waals surface area contributed by atoms with Gasteiger partial charge in [0.05, 0.1) is 0 Å². The number of hydrogen-bond donors (Lipinski definition) is 0. The van der Waals surface area contributed by atoms with Gasteiger partial charge in [-0.05, 0) is 44.9 Å². The highest BCUT2D eigenvalue weighted by Gasteiger charge is 2.28. The van der Waals surface area contributed by atoms with E-state index < -0.39 is 0 Å². The maximum Gasteiger partial charge on any atom is 0.204 e. The molecule has 0 spiro atoms. The molecule has 1 aliphatic carbocycles. The first kappa shape index (κ1) is 15.7. The van der Waals surface area contributed by atoms with E-state index in [1.165, 1.54) is 23.2 Å². The van der Waals surface area contributed by atoms with Gasteiger partial charge in [-0.25, -0.2) is 0 Å². The highest BCUT2D eigenvalue weighted by molar-refractivity contribution is 5.97. The summed E-state index contributed by atoms with van der Waals surface area (Å²) in [7, 11) is 0. The van der Waals surface area contributed by atoms with E-state index in [4.69, 9.17) is 0 Å². The summed E-state index contributed by atoms with van der Waals surface area (Å²) in [6.45, 7) is 6.22. The number of hydrogen-bond acceptors (Lipinski definition) is 4. The lowest BCUT2D eigenvalue weighted by atomic mass is 10.1. The summed E-state index contributed by atoms with van der Waals surface area (Å²) in [5.74, 6) is 0.559. The molecule has 6 heteroatoms. The lowest BCUT2D eigenvalue weighted by Crippen LogP contribution is -2.14. The minimum absolute atomic E-state index is 0.0212. The molecule has 0 saturated heterocycles. The quantitative estimate of drug-likeness (QED) is 0.671. The summed E-state index contributed by atoms with van der Waals surface area (Å²) < 4.78 is 2.28. The smallest absolute Gasteiger partial charge is 0.204 e. The van der Waals surface area contributed by atoms with Crippen LogP contribution in [0, 0.1) is 20.8 Å².